The molecule has 0 aliphatic carbocycles. The first-order chi connectivity index (χ1) is 11.6. The zero-order valence-corrected chi connectivity index (χ0v) is 15.9. The van der Waals surface area contributed by atoms with Crippen LogP contribution >= 0.6 is 11.6 Å². The molecule has 9 heteroatoms. The highest BCUT2D eigenvalue weighted by Gasteiger charge is 2.34. The molecule has 1 heterocycles. The molecule has 0 radical (unpaired) electrons. The first-order valence-corrected chi connectivity index (χ1v) is 11.7. The number of rotatable bonds is 5. The van der Waals surface area contributed by atoms with Crippen LogP contribution in [0.3, 0.4) is 0 Å². The third-order valence-corrected chi connectivity index (χ3v) is 5.79. The maximum atomic E-state index is 12.6. The number of hydrogen-bond donors (Lipinski definition) is 1. The second-order valence-corrected chi connectivity index (χ2v) is 12.9. The fourth-order valence-electron chi connectivity index (χ4n) is 2.38. The Kier molecular flexibility index (Phi) is 5.50. The third kappa shape index (κ3) is 4.38. The molecule has 0 saturated carbocycles. The van der Waals surface area contributed by atoms with Crippen molar-refractivity contribution < 1.29 is 14.5 Å². The standard InChI is InChI=1S/C16H18ClN3O4Si/c1-25(2,3)5-4-24-16(21)15-10(8-18)9-19-13-7-12(17)14(20(22)23)6-11(13)15/h6-7,9,15,19H,4-5H2,1-3H3. The summed E-state index contributed by atoms with van der Waals surface area (Å²) >= 11 is 5.91. The number of carbonyl (C=O) groups excluding carboxylic acids is 1. The quantitative estimate of drug-likeness (QED) is 0.358. The van der Waals surface area contributed by atoms with Crippen molar-refractivity contribution in [3.05, 3.63) is 44.6 Å². The predicted molar refractivity (Wildman–Crippen MR) is 97.3 cm³/mol. The van der Waals surface area contributed by atoms with Gasteiger partial charge in [-0.2, -0.15) is 5.26 Å². The fourth-order valence-corrected chi connectivity index (χ4v) is 3.33. The summed E-state index contributed by atoms with van der Waals surface area (Å²) in [6, 6.07) is 5.34. The summed E-state index contributed by atoms with van der Waals surface area (Å²) in [5.41, 5.74) is 0.582. The molecular formula is C16H18ClN3O4Si. The summed E-state index contributed by atoms with van der Waals surface area (Å²) in [5, 5.41) is 23.2. The van der Waals surface area contributed by atoms with E-state index in [-0.39, 0.29) is 22.9 Å². The largest absolute Gasteiger partial charge is 0.465 e. The van der Waals surface area contributed by atoms with Gasteiger partial charge in [0, 0.05) is 31.6 Å². The first-order valence-electron chi connectivity index (χ1n) is 7.65. The van der Waals surface area contributed by atoms with Crippen molar-refractivity contribution >= 4 is 37.0 Å². The van der Waals surface area contributed by atoms with E-state index in [1.807, 2.05) is 6.07 Å². The average Bonchev–Trinajstić information content (AvgIpc) is 2.51. The van der Waals surface area contributed by atoms with Gasteiger partial charge in [-0.25, -0.2) is 0 Å². The second-order valence-electron chi connectivity index (χ2n) is 6.91. The summed E-state index contributed by atoms with van der Waals surface area (Å²) in [6.45, 7) is 6.74. The Bertz CT molecular complexity index is 796. The number of nitro groups is 1. The predicted octanol–water partition coefficient (Wildman–Crippen LogP) is 4.05. The Labute approximate surface area is 151 Å². The number of hydrogen-bond acceptors (Lipinski definition) is 6. The molecule has 0 fully saturated rings. The van der Waals surface area contributed by atoms with E-state index in [0.717, 1.165) is 6.04 Å². The zero-order chi connectivity index (χ0) is 18.8. The van der Waals surface area contributed by atoms with Gasteiger partial charge in [0.1, 0.15) is 10.9 Å². The van der Waals surface area contributed by atoms with Crippen LogP contribution in [0, 0.1) is 21.4 Å². The second kappa shape index (κ2) is 7.25. The monoisotopic (exact) mass is 379 g/mol. The van der Waals surface area contributed by atoms with Crippen LogP contribution in [0.4, 0.5) is 11.4 Å². The lowest BCUT2D eigenvalue weighted by molar-refractivity contribution is -0.384. The Morgan fingerprint density at radius 2 is 2.16 bits per heavy atom. The van der Waals surface area contributed by atoms with Crippen LogP contribution in [0.2, 0.25) is 30.7 Å². The number of nitrogens with zero attached hydrogens (tertiary/aromatic N) is 2. The number of esters is 1. The van der Waals surface area contributed by atoms with Gasteiger partial charge in [-0.15, -0.1) is 0 Å². The Hall–Kier alpha value is -2.37. The molecule has 1 aromatic carbocycles. The number of nitro benzene ring substituents is 1. The van der Waals surface area contributed by atoms with E-state index < -0.39 is 24.9 Å². The highest BCUT2D eigenvalue weighted by molar-refractivity contribution is 6.76. The van der Waals surface area contributed by atoms with Crippen LogP contribution in [0.15, 0.2) is 23.9 Å². The van der Waals surface area contributed by atoms with Crippen molar-refractivity contribution in [3.8, 4) is 6.07 Å². The molecule has 25 heavy (non-hydrogen) atoms. The number of fused-ring (bicyclic) bond motifs is 1. The van der Waals surface area contributed by atoms with E-state index >= 15 is 0 Å². The minimum atomic E-state index is -1.38. The van der Waals surface area contributed by atoms with Crippen LogP contribution in [0.25, 0.3) is 0 Å². The van der Waals surface area contributed by atoms with Crippen molar-refractivity contribution in [3.63, 3.8) is 0 Å². The smallest absolute Gasteiger partial charge is 0.318 e. The lowest BCUT2D eigenvalue weighted by atomic mass is 9.88. The average molecular weight is 380 g/mol. The van der Waals surface area contributed by atoms with Gasteiger partial charge in [0.2, 0.25) is 0 Å². The summed E-state index contributed by atoms with van der Waals surface area (Å²) in [6.07, 6.45) is 1.40. The van der Waals surface area contributed by atoms with E-state index in [1.165, 1.54) is 18.3 Å². The van der Waals surface area contributed by atoms with Crippen molar-refractivity contribution in [2.24, 2.45) is 0 Å². The number of nitriles is 1. The summed E-state index contributed by atoms with van der Waals surface area (Å²) in [4.78, 5) is 23.1. The van der Waals surface area contributed by atoms with Gasteiger partial charge in [0.05, 0.1) is 23.2 Å². The van der Waals surface area contributed by atoms with Crippen LogP contribution in [-0.2, 0) is 9.53 Å². The van der Waals surface area contributed by atoms with Crippen molar-refractivity contribution in [2.45, 2.75) is 31.6 Å². The number of halogens is 1. The number of anilines is 1. The van der Waals surface area contributed by atoms with Gasteiger partial charge >= 0.3 is 5.97 Å². The van der Waals surface area contributed by atoms with E-state index in [9.17, 15) is 20.2 Å². The highest BCUT2D eigenvalue weighted by Crippen LogP contribution is 2.40. The third-order valence-electron chi connectivity index (χ3n) is 3.78. The fraction of sp³-hybridized carbons (Fsp3) is 0.375. The van der Waals surface area contributed by atoms with Crippen molar-refractivity contribution in [1.82, 2.24) is 0 Å². The molecule has 0 bridgehead atoms. The molecule has 2 rings (SSSR count). The molecule has 132 valence electrons. The van der Waals surface area contributed by atoms with E-state index in [2.05, 4.69) is 25.0 Å². The normalized spacial score (nSPS) is 16.1. The molecule has 1 atom stereocenters. The number of ether oxygens (including phenoxy) is 1. The maximum Gasteiger partial charge on any atom is 0.318 e. The molecule has 0 amide bonds. The molecule has 7 nitrogen and oxygen atoms in total. The van der Waals surface area contributed by atoms with Gasteiger partial charge in [0.15, 0.2) is 0 Å². The van der Waals surface area contributed by atoms with Gasteiger partial charge < -0.3 is 10.1 Å². The summed E-state index contributed by atoms with van der Waals surface area (Å²) in [7, 11) is -1.38. The minimum Gasteiger partial charge on any atom is -0.465 e. The summed E-state index contributed by atoms with van der Waals surface area (Å²) in [5.74, 6) is -1.59. The molecule has 1 aromatic rings. The minimum absolute atomic E-state index is 0.0455. The molecule has 1 N–H and O–H groups in total. The van der Waals surface area contributed by atoms with Gasteiger partial charge in [-0.1, -0.05) is 31.2 Å². The zero-order valence-electron chi connectivity index (χ0n) is 14.1. The Morgan fingerprint density at radius 3 is 2.72 bits per heavy atom. The van der Waals surface area contributed by atoms with E-state index in [1.54, 1.807) is 0 Å². The van der Waals surface area contributed by atoms with Crippen LogP contribution in [0.1, 0.15) is 11.5 Å². The topological polar surface area (TPSA) is 105 Å². The lowest BCUT2D eigenvalue weighted by Crippen LogP contribution is -2.26. The molecule has 1 unspecified atom stereocenters. The number of benzene rings is 1. The summed E-state index contributed by atoms with van der Waals surface area (Å²) < 4.78 is 5.35. The van der Waals surface area contributed by atoms with Crippen LogP contribution in [0.5, 0.6) is 0 Å². The maximum absolute atomic E-state index is 12.6. The molecule has 0 spiro atoms. The Morgan fingerprint density at radius 1 is 1.48 bits per heavy atom. The SMILES string of the molecule is C[Si](C)(C)CCOC(=O)C1C(C#N)=CNc2cc(Cl)c([N+](=O)[O-])cc21. The lowest BCUT2D eigenvalue weighted by Gasteiger charge is -2.24. The molecule has 0 aromatic heterocycles. The van der Waals surface area contributed by atoms with E-state index in [4.69, 9.17) is 16.3 Å². The van der Waals surface area contributed by atoms with Gasteiger partial charge in [-0.3, -0.25) is 14.9 Å². The number of nitrogens with one attached hydrogen (secondary N) is 1. The molecule has 0 saturated heterocycles. The molecule has 1 aliphatic rings. The molecule has 1 aliphatic heterocycles. The van der Waals surface area contributed by atoms with Gasteiger partial charge in [-0.05, 0) is 12.1 Å². The Balaban J connectivity index is 2.35. The number of carbonyl (C=O) groups is 1. The van der Waals surface area contributed by atoms with Crippen LogP contribution in [-0.4, -0.2) is 25.6 Å². The van der Waals surface area contributed by atoms with E-state index in [0.29, 0.717) is 11.3 Å². The highest BCUT2D eigenvalue weighted by atomic mass is 35.5. The first kappa shape index (κ1) is 19.0. The molecular weight excluding hydrogens is 362 g/mol. The van der Waals surface area contributed by atoms with Crippen LogP contribution < -0.4 is 5.32 Å². The van der Waals surface area contributed by atoms with Crippen molar-refractivity contribution in [1.29, 1.82) is 5.26 Å². The van der Waals surface area contributed by atoms with Crippen molar-refractivity contribution in [2.75, 3.05) is 11.9 Å². The van der Waals surface area contributed by atoms with Gasteiger partial charge in [0.25, 0.3) is 5.69 Å².